The van der Waals surface area contributed by atoms with E-state index in [1.54, 1.807) is 11.9 Å². The molecule has 2 saturated heterocycles. The number of hydrogen-bond acceptors (Lipinski definition) is 4. The molecule has 0 radical (unpaired) electrons. The van der Waals surface area contributed by atoms with Gasteiger partial charge in [-0.15, -0.1) is 0 Å². The van der Waals surface area contributed by atoms with Crippen LogP contribution in [0.15, 0.2) is 24.3 Å². The standard InChI is InChI=1S/C31H44ClN3O4/c1-21-4-6-22(7-5-21)20-39-30(38)33(3)27-19-35(18-26(27)23-8-10-25(32)11-9-23)28(36)24-12-16-34(17-13-24)29(37)31(2)14-15-31/h8-11,21-22,24,26-27H,4-7,12-20H2,1-3H3. The zero-order valence-corrected chi connectivity index (χ0v) is 24.5. The number of nitrogens with zero attached hydrogens (tertiary/aromatic N) is 3. The molecule has 3 amide bonds. The summed E-state index contributed by atoms with van der Waals surface area (Å²) >= 11 is 6.16. The van der Waals surface area contributed by atoms with Crippen molar-refractivity contribution in [2.75, 3.05) is 39.8 Å². The van der Waals surface area contributed by atoms with Gasteiger partial charge in [0.2, 0.25) is 11.8 Å². The van der Waals surface area contributed by atoms with Gasteiger partial charge in [-0.1, -0.05) is 50.4 Å². The Morgan fingerprint density at radius 3 is 2.23 bits per heavy atom. The van der Waals surface area contributed by atoms with Crippen LogP contribution in [0.1, 0.15) is 76.7 Å². The third-order valence-electron chi connectivity index (χ3n) is 9.91. The lowest BCUT2D eigenvalue weighted by Crippen LogP contribution is -2.46. The molecule has 7 nitrogen and oxygen atoms in total. The second-order valence-electron chi connectivity index (χ2n) is 12.9. The molecule has 1 aromatic carbocycles. The Morgan fingerprint density at radius 2 is 1.62 bits per heavy atom. The molecule has 2 saturated carbocycles. The Bertz CT molecular complexity index is 1040. The third-order valence-corrected chi connectivity index (χ3v) is 10.2. The van der Waals surface area contributed by atoms with E-state index < -0.39 is 0 Å². The number of ether oxygens (including phenoxy) is 1. The molecule has 0 N–H and O–H groups in total. The first-order chi connectivity index (χ1) is 18.6. The summed E-state index contributed by atoms with van der Waals surface area (Å²) in [5, 5.41) is 0.664. The van der Waals surface area contributed by atoms with Crippen LogP contribution in [0.4, 0.5) is 4.79 Å². The van der Waals surface area contributed by atoms with Crippen LogP contribution in [0.3, 0.4) is 0 Å². The quantitative estimate of drug-likeness (QED) is 0.458. The molecule has 0 bridgehead atoms. The van der Waals surface area contributed by atoms with Gasteiger partial charge in [0.1, 0.15) is 0 Å². The van der Waals surface area contributed by atoms with Gasteiger partial charge in [0.25, 0.3) is 0 Å². The molecule has 39 heavy (non-hydrogen) atoms. The van der Waals surface area contributed by atoms with Crippen LogP contribution in [-0.4, -0.2) is 78.5 Å². The van der Waals surface area contributed by atoms with Crippen molar-refractivity contribution in [2.45, 2.75) is 77.2 Å². The third kappa shape index (κ3) is 6.39. The number of halogens is 1. The molecule has 4 fully saturated rings. The minimum atomic E-state index is -0.313. The summed E-state index contributed by atoms with van der Waals surface area (Å²) in [7, 11) is 1.80. The van der Waals surface area contributed by atoms with E-state index in [-0.39, 0.29) is 41.2 Å². The topological polar surface area (TPSA) is 70.2 Å². The zero-order valence-electron chi connectivity index (χ0n) is 23.7. The molecule has 2 atom stereocenters. The highest BCUT2D eigenvalue weighted by molar-refractivity contribution is 6.30. The number of likely N-dealkylation sites (N-methyl/N-ethyl adjacent to an activating group) is 1. The van der Waals surface area contributed by atoms with Gasteiger partial charge in [-0.2, -0.15) is 0 Å². The summed E-state index contributed by atoms with van der Waals surface area (Å²) < 4.78 is 5.80. The molecule has 0 aromatic heterocycles. The molecule has 2 unspecified atom stereocenters. The predicted octanol–water partition coefficient (Wildman–Crippen LogP) is 5.57. The number of carbonyl (C=O) groups excluding carboxylic acids is 3. The lowest BCUT2D eigenvalue weighted by Gasteiger charge is -2.34. The van der Waals surface area contributed by atoms with Gasteiger partial charge in [0.15, 0.2) is 0 Å². The minimum absolute atomic E-state index is 0.0178. The van der Waals surface area contributed by atoms with Crippen LogP contribution in [0.2, 0.25) is 5.02 Å². The van der Waals surface area contributed by atoms with Crippen molar-refractivity contribution in [1.29, 1.82) is 0 Å². The smallest absolute Gasteiger partial charge is 0.409 e. The summed E-state index contributed by atoms with van der Waals surface area (Å²) in [6, 6.07) is 7.56. The Balaban J connectivity index is 1.22. The van der Waals surface area contributed by atoms with Crippen LogP contribution >= 0.6 is 11.6 Å². The molecule has 4 aliphatic rings. The summed E-state index contributed by atoms with van der Waals surface area (Å²) in [6.07, 6.45) is 7.65. The highest BCUT2D eigenvalue weighted by Gasteiger charge is 2.48. The number of carbonyl (C=O) groups is 3. The Labute approximate surface area is 238 Å². The lowest BCUT2D eigenvalue weighted by molar-refractivity contribution is -0.142. The van der Waals surface area contributed by atoms with Gasteiger partial charge in [0.05, 0.1) is 12.6 Å². The van der Waals surface area contributed by atoms with Crippen molar-refractivity contribution >= 4 is 29.5 Å². The van der Waals surface area contributed by atoms with E-state index in [1.165, 1.54) is 12.8 Å². The second kappa shape index (κ2) is 11.7. The van der Waals surface area contributed by atoms with Gasteiger partial charge in [0, 0.05) is 55.5 Å². The number of rotatable bonds is 6. The molecule has 8 heteroatoms. The fraction of sp³-hybridized carbons (Fsp3) is 0.710. The van der Waals surface area contributed by atoms with Crippen LogP contribution < -0.4 is 0 Å². The minimum Gasteiger partial charge on any atom is -0.449 e. The van der Waals surface area contributed by atoms with E-state index >= 15 is 0 Å². The predicted molar refractivity (Wildman–Crippen MR) is 151 cm³/mol. The summed E-state index contributed by atoms with van der Waals surface area (Å²) in [4.78, 5) is 45.2. The summed E-state index contributed by atoms with van der Waals surface area (Å²) in [6.45, 7) is 7.13. The SMILES string of the molecule is CC1CCC(COC(=O)N(C)C2CN(C(=O)C3CCN(C(=O)C4(C)CC4)CC3)CC2c2ccc(Cl)cc2)CC1. The van der Waals surface area contributed by atoms with E-state index in [1.807, 2.05) is 41.0 Å². The molecule has 0 spiro atoms. The zero-order chi connectivity index (χ0) is 27.7. The normalized spacial score (nSPS) is 28.7. The average Bonchev–Trinajstić information content (AvgIpc) is 3.55. The monoisotopic (exact) mass is 557 g/mol. The van der Waals surface area contributed by atoms with Crippen LogP contribution in [0.25, 0.3) is 0 Å². The maximum Gasteiger partial charge on any atom is 0.409 e. The Kier molecular flexibility index (Phi) is 8.46. The highest BCUT2D eigenvalue weighted by Crippen LogP contribution is 2.47. The van der Waals surface area contributed by atoms with Crippen LogP contribution in [0.5, 0.6) is 0 Å². The van der Waals surface area contributed by atoms with Gasteiger partial charge in [-0.3, -0.25) is 9.59 Å². The van der Waals surface area contributed by atoms with Gasteiger partial charge >= 0.3 is 6.09 Å². The fourth-order valence-electron chi connectivity index (χ4n) is 6.69. The van der Waals surface area contributed by atoms with Gasteiger partial charge in [-0.05, 0) is 68.1 Å². The lowest BCUT2D eigenvalue weighted by atomic mass is 9.83. The van der Waals surface area contributed by atoms with E-state index in [9.17, 15) is 14.4 Å². The number of amides is 3. The first kappa shape index (κ1) is 28.3. The molecule has 5 rings (SSSR count). The van der Waals surface area contributed by atoms with Crippen molar-refractivity contribution in [3.8, 4) is 0 Å². The second-order valence-corrected chi connectivity index (χ2v) is 13.3. The maximum absolute atomic E-state index is 13.7. The Morgan fingerprint density at radius 1 is 0.974 bits per heavy atom. The van der Waals surface area contributed by atoms with E-state index in [2.05, 4.69) is 6.92 Å². The van der Waals surface area contributed by atoms with Crippen molar-refractivity contribution in [3.05, 3.63) is 34.9 Å². The van der Waals surface area contributed by atoms with E-state index in [0.717, 1.165) is 37.2 Å². The molecule has 214 valence electrons. The number of hydrogen-bond donors (Lipinski definition) is 0. The number of piperidine rings is 1. The summed E-state index contributed by atoms with van der Waals surface area (Å²) in [5.74, 6) is 1.48. The number of benzene rings is 1. The molecule has 2 heterocycles. The fourth-order valence-corrected chi connectivity index (χ4v) is 6.82. The van der Waals surface area contributed by atoms with Crippen molar-refractivity contribution in [3.63, 3.8) is 0 Å². The van der Waals surface area contributed by atoms with Crippen LogP contribution in [-0.2, 0) is 14.3 Å². The molecular weight excluding hydrogens is 514 g/mol. The van der Waals surface area contributed by atoms with Gasteiger partial charge in [-0.25, -0.2) is 4.79 Å². The van der Waals surface area contributed by atoms with E-state index in [4.69, 9.17) is 16.3 Å². The first-order valence-electron chi connectivity index (χ1n) is 14.9. The molecule has 2 aliphatic heterocycles. The highest BCUT2D eigenvalue weighted by atomic mass is 35.5. The first-order valence-corrected chi connectivity index (χ1v) is 15.3. The Hall–Kier alpha value is -2.28. The van der Waals surface area contributed by atoms with Crippen LogP contribution in [0, 0.1) is 23.2 Å². The largest absolute Gasteiger partial charge is 0.449 e. The molecular formula is C31H44ClN3O4. The number of likely N-dealkylation sites (tertiary alicyclic amines) is 2. The van der Waals surface area contributed by atoms with E-state index in [0.29, 0.717) is 56.6 Å². The molecule has 2 aliphatic carbocycles. The molecule has 1 aromatic rings. The van der Waals surface area contributed by atoms with Gasteiger partial charge < -0.3 is 19.4 Å². The van der Waals surface area contributed by atoms with Crippen molar-refractivity contribution in [2.24, 2.45) is 23.2 Å². The van der Waals surface area contributed by atoms with Crippen molar-refractivity contribution in [1.82, 2.24) is 14.7 Å². The summed E-state index contributed by atoms with van der Waals surface area (Å²) in [5.41, 5.74) is 0.901. The average molecular weight is 558 g/mol. The maximum atomic E-state index is 13.7. The van der Waals surface area contributed by atoms with Crippen molar-refractivity contribution < 1.29 is 19.1 Å².